The number of likely N-dealkylation sites (N-methyl/N-ethyl adjacent to an activating group) is 1. The molecule has 4 rings (SSSR count). The summed E-state index contributed by atoms with van der Waals surface area (Å²) in [6.07, 6.45) is 0.950. The van der Waals surface area contributed by atoms with Crippen molar-refractivity contribution in [2.45, 2.75) is 26.4 Å². The second kappa shape index (κ2) is 5.16. The molecule has 0 saturated carbocycles. The van der Waals surface area contributed by atoms with Gasteiger partial charge in [0.2, 0.25) is 12.5 Å². The van der Waals surface area contributed by atoms with Crippen molar-refractivity contribution < 1.29 is 14.2 Å². The van der Waals surface area contributed by atoms with E-state index in [9.17, 15) is 0 Å². The Morgan fingerprint density at radius 2 is 2.09 bits per heavy atom. The van der Waals surface area contributed by atoms with Crippen molar-refractivity contribution in [3.63, 3.8) is 0 Å². The third kappa shape index (κ3) is 2.09. The number of hydrogen-bond donors (Lipinski definition) is 0. The number of ether oxygens (including phenoxy) is 3. The Morgan fingerprint density at radius 1 is 1.26 bits per heavy atom. The molecule has 3 heterocycles. The van der Waals surface area contributed by atoms with E-state index in [1.807, 2.05) is 6.92 Å². The molecule has 0 unspecified atom stereocenters. The van der Waals surface area contributed by atoms with Gasteiger partial charge in [0.05, 0.1) is 12.8 Å². The van der Waals surface area contributed by atoms with Gasteiger partial charge in [-0.3, -0.25) is 4.90 Å². The quantitative estimate of drug-likeness (QED) is 0.851. The number of nitrogens with zero attached hydrogens (tertiary/aromatic N) is 3. The number of methoxy groups -OCH3 is 1. The minimum absolute atomic E-state index is 0.00287. The number of benzene rings is 1. The zero-order chi connectivity index (χ0) is 16.1. The van der Waals surface area contributed by atoms with Gasteiger partial charge < -0.3 is 14.2 Å². The third-order valence-electron chi connectivity index (χ3n) is 4.63. The highest BCUT2D eigenvalue weighted by molar-refractivity contribution is 5.61. The Balaban J connectivity index is 1.95. The van der Waals surface area contributed by atoms with E-state index >= 15 is 0 Å². The number of aromatic nitrogens is 2. The second-order valence-corrected chi connectivity index (χ2v) is 6.19. The first-order valence-corrected chi connectivity index (χ1v) is 7.82. The average Bonchev–Trinajstić information content (AvgIpc) is 3.11. The monoisotopic (exact) mass is 315 g/mol. The first kappa shape index (κ1) is 14.4. The number of aryl methyl sites for hydroxylation is 2. The Kier molecular flexibility index (Phi) is 3.23. The van der Waals surface area contributed by atoms with Crippen molar-refractivity contribution in [1.82, 2.24) is 14.7 Å². The normalized spacial score (nSPS) is 19.7. The van der Waals surface area contributed by atoms with Gasteiger partial charge in [-0.1, -0.05) is 0 Å². The maximum absolute atomic E-state index is 5.73. The minimum Gasteiger partial charge on any atom is -0.492 e. The summed E-state index contributed by atoms with van der Waals surface area (Å²) in [7, 11) is 3.80. The molecule has 0 bridgehead atoms. The van der Waals surface area contributed by atoms with Crippen molar-refractivity contribution in [3.05, 3.63) is 34.6 Å². The van der Waals surface area contributed by atoms with Crippen LogP contribution in [0.2, 0.25) is 0 Å². The summed E-state index contributed by atoms with van der Waals surface area (Å²) in [5.41, 5.74) is 4.51. The highest BCUT2D eigenvalue weighted by atomic mass is 16.7. The molecule has 0 fully saturated rings. The SMILES string of the molecule is COc1c2c(cc3c1[C@@H](n1nc(C)cc1C)N(C)CC3)OCO2. The molecule has 1 aromatic carbocycles. The van der Waals surface area contributed by atoms with Gasteiger partial charge >= 0.3 is 0 Å². The molecule has 0 spiro atoms. The van der Waals surface area contributed by atoms with Gasteiger partial charge in [-0.15, -0.1) is 0 Å². The fourth-order valence-electron chi connectivity index (χ4n) is 3.61. The molecular formula is C17H21N3O3. The summed E-state index contributed by atoms with van der Waals surface area (Å²) in [5, 5.41) is 4.70. The lowest BCUT2D eigenvalue weighted by Gasteiger charge is -2.36. The van der Waals surface area contributed by atoms with E-state index < -0.39 is 0 Å². The van der Waals surface area contributed by atoms with Gasteiger partial charge in [-0.05, 0) is 45.0 Å². The van der Waals surface area contributed by atoms with Crippen LogP contribution in [0, 0.1) is 13.8 Å². The molecule has 122 valence electrons. The summed E-state index contributed by atoms with van der Waals surface area (Å²) in [6.45, 7) is 5.31. The van der Waals surface area contributed by atoms with Gasteiger partial charge in [0.15, 0.2) is 11.5 Å². The lowest BCUT2D eigenvalue weighted by molar-refractivity contribution is 0.168. The van der Waals surface area contributed by atoms with E-state index in [1.165, 1.54) is 5.56 Å². The maximum atomic E-state index is 5.73. The lowest BCUT2D eigenvalue weighted by atomic mass is 9.95. The molecule has 1 atom stereocenters. The second-order valence-electron chi connectivity index (χ2n) is 6.19. The van der Waals surface area contributed by atoms with Crippen LogP contribution >= 0.6 is 0 Å². The molecule has 2 aliphatic heterocycles. The van der Waals surface area contributed by atoms with Crippen molar-refractivity contribution in [2.75, 3.05) is 27.5 Å². The van der Waals surface area contributed by atoms with Crippen LogP contribution in [0.1, 0.15) is 28.7 Å². The molecule has 2 aromatic rings. The van der Waals surface area contributed by atoms with E-state index in [1.54, 1.807) is 7.11 Å². The van der Waals surface area contributed by atoms with Crippen molar-refractivity contribution in [1.29, 1.82) is 0 Å². The van der Waals surface area contributed by atoms with Crippen LogP contribution in [0.15, 0.2) is 12.1 Å². The minimum atomic E-state index is -0.00287. The zero-order valence-corrected chi connectivity index (χ0v) is 13.9. The summed E-state index contributed by atoms with van der Waals surface area (Å²) in [6, 6.07) is 4.19. The van der Waals surface area contributed by atoms with Crippen LogP contribution < -0.4 is 14.2 Å². The Labute approximate surface area is 135 Å². The van der Waals surface area contributed by atoms with E-state index in [0.29, 0.717) is 5.75 Å². The molecular weight excluding hydrogens is 294 g/mol. The first-order valence-electron chi connectivity index (χ1n) is 7.82. The van der Waals surface area contributed by atoms with E-state index in [-0.39, 0.29) is 13.0 Å². The zero-order valence-electron chi connectivity index (χ0n) is 13.9. The lowest BCUT2D eigenvalue weighted by Crippen LogP contribution is -2.37. The van der Waals surface area contributed by atoms with Crippen LogP contribution in [-0.2, 0) is 6.42 Å². The molecule has 6 nitrogen and oxygen atoms in total. The molecule has 0 aliphatic carbocycles. The third-order valence-corrected chi connectivity index (χ3v) is 4.63. The Morgan fingerprint density at radius 3 is 2.78 bits per heavy atom. The number of rotatable bonds is 2. The first-order chi connectivity index (χ1) is 11.1. The Bertz CT molecular complexity index is 769. The fraction of sp³-hybridized carbons (Fsp3) is 0.471. The standard InChI is InChI=1S/C17H21N3O3/c1-10-7-11(2)20(18-10)17-14-12(5-6-19(17)3)8-13-15(16(14)21-4)23-9-22-13/h7-8,17H,5-6,9H2,1-4H3/t17-/m1/s1. The molecule has 1 aromatic heterocycles. The summed E-state index contributed by atoms with van der Waals surface area (Å²) >= 11 is 0. The molecule has 0 radical (unpaired) electrons. The molecule has 0 N–H and O–H groups in total. The highest BCUT2D eigenvalue weighted by Gasteiger charge is 2.35. The van der Waals surface area contributed by atoms with E-state index in [0.717, 1.165) is 41.4 Å². The molecule has 6 heteroatoms. The van der Waals surface area contributed by atoms with Crippen molar-refractivity contribution in [3.8, 4) is 17.2 Å². The number of hydrogen-bond acceptors (Lipinski definition) is 5. The predicted octanol–water partition coefficient (Wildman–Crippen LogP) is 2.27. The van der Waals surface area contributed by atoms with Gasteiger partial charge in [0.25, 0.3) is 0 Å². The summed E-state index contributed by atoms with van der Waals surface area (Å²) in [5.74, 6) is 2.24. The van der Waals surface area contributed by atoms with Crippen LogP contribution in [0.5, 0.6) is 17.2 Å². The smallest absolute Gasteiger partial charge is 0.231 e. The van der Waals surface area contributed by atoms with Crippen molar-refractivity contribution >= 4 is 0 Å². The Hall–Kier alpha value is -2.21. The largest absolute Gasteiger partial charge is 0.492 e. The van der Waals surface area contributed by atoms with E-state index in [2.05, 4.69) is 35.7 Å². The predicted molar refractivity (Wildman–Crippen MR) is 85.3 cm³/mol. The van der Waals surface area contributed by atoms with Gasteiger partial charge in [-0.2, -0.15) is 5.10 Å². The molecule has 0 saturated heterocycles. The van der Waals surface area contributed by atoms with Gasteiger partial charge in [0.1, 0.15) is 6.17 Å². The molecule has 0 amide bonds. The topological polar surface area (TPSA) is 48.8 Å². The highest BCUT2D eigenvalue weighted by Crippen LogP contribution is 2.49. The van der Waals surface area contributed by atoms with Crippen LogP contribution in [0.25, 0.3) is 0 Å². The molecule has 2 aliphatic rings. The fourth-order valence-corrected chi connectivity index (χ4v) is 3.61. The summed E-state index contributed by atoms with van der Waals surface area (Å²) in [4.78, 5) is 2.30. The van der Waals surface area contributed by atoms with Gasteiger partial charge in [-0.25, -0.2) is 4.68 Å². The summed E-state index contributed by atoms with van der Waals surface area (Å²) < 4.78 is 19.0. The number of fused-ring (bicyclic) bond motifs is 2. The molecule has 23 heavy (non-hydrogen) atoms. The van der Waals surface area contributed by atoms with Crippen molar-refractivity contribution in [2.24, 2.45) is 0 Å². The van der Waals surface area contributed by atoms with Crippen LogP contribution in [0.4, 0.5) is 0 Å². The van der Waals surface area contributed by atoms with Crippen LogP contribution in [0.3, 0.4) is 0 Å². The van der Waals surface area contributed by atoms with Gasteiger partial charge in [0, 0.05) is 17.8 Å². The van der Waals surface area contributed by atoms with E-state index in [4.69, 9.17) is 19.3 Å². The maximum Gasteiger partial charge on any atom is 0.231 e. The van der Waals surface area contributed by atoms with Crippen LogP contribution in [-0.4, -0.2) is 42.2 Å². The average molecular weight is 315 g/mol.